The van der Waals surface area contributed by atoms with Crippen LogP contribution >= 0.6 is 11.8 Å². The normalized spacial score (nSPS) is 10.9. The molecule has 3 aromatic rings. The Kier molecular flexibility index (Phi) is 4.16. The Morgan fingerprint density at radius 2 is 2.26 bits per heavy atom. The number of aldehydes is 1. The number of H-pyrrole nitrogens is 1. The molecule has 0 saturated heterocycles. The number of imidazole rings is 1. The van der Waals surface area contributed by atoms with E-state index in [4.69, 9.17) is 4.74 Å². The van der Waals surface area contributed by atoms with Crippen molar-refractivity contribution in [3.8, 4) is 5.75 Å². The number of aryl methyl sites for hydroxylation is 1. The standard InChI is InChI=1S/C15H14N4O3S/c1-19-13-12(14(21)17-8-16-13)18-15(19)23-7-10-5-9(6-20)3-4-11(10)22-2/h3-6,8H,7H2,1-2H3,(H,16,17,21). The number of rotatable bonds is 5. The third kappa shape index (κ3) is 2.85. The summed E-state index contributed by atoms with van der Waals surface area (Å²) < 4.78 is 7.09. The Labute approximate surface area is 135 Å². The van der Waals surface area contributed by atoms with Crippen LogP contribution < -0.4 is 10.3 Å². The highest BCUT2D eigenvalue weighted by Crippen LogP contribution is 2.28. The fraction of sp³-hybridized carbons (Fsp3) is 0.200. The largest absolute Gasteiger partial charge is 0.496 e. The Morgan fingerprint density at radius 3 is 2.96 bits per heavy atom. The van der Waals surface area contributed by atoms with E-state index in [0.29, 0.717) is 33.4 Å². The lowest BCUT2D eigenvalue weighted by molar-refractivity contribution is 0.112. The summed E-state index contributed by atoms with van der Waals surface area (Å²) >= 11 is 1.45. The second-order valence-electron chi connectivity index (χ2n) is 4.84. The van der Waals surface area contributed by atoms with Crippen LogP contribution in [0.1, 0.15) is 15.9 Å². The maximum Gasteiger partial charge on any atom is 0.278 e. The number of aromatic amines is 1. The summed E-state index contributed by atoms with van der Waals surface area (Å²) in [5.41, 5.74) is 2.05. The summed E-state index contributed by atoms with van der Waals surface area (Å²) in [4.78, 5) is 33.7. The Morgan fingerprint density at radius 1 is 1.43 bits per heavy atom. The third-order valence-electron chi connectivity index (χ3n) is 3.42. The lowest BCUT2D eigenvalue weighted by Crippen LogP contribution is -2.06. The monoisotopic (exact) mass is 330 g/mol. The van der Waals surface area contributed by atoms with Gasteiger partial charge in [-0.25, -0.2) is 9.97 Å². The average Bonchev–Trinajstić information content (AvgIpc) is 2.90. The van der Waals surface area contributed by atoms with Gasteiger partial charge in [0.2, 0.25) is 0 Å². The van der Waals surface area contributed by atoms with E-state index < -0.39 is 0 Å². The highest BCUT2D eigenvalue weighted by molar-refractivity contribution is 7.98. The fourth-order valence-electron chi connectivity index (χ4n) is 2.25. The molecule has 0 radical (unpaired) electrons. The zero-order valence-electron chi connectivity index (χ0n) is 12.6. The zero-order chi connectivity index (χ0) is 16.4. The quantitative estimate of drug-likeness (QED) is 0.566. The van der Waals surface area contributed by atoms with Gasteiger partial charge in [0, 0.05) is 23.9 Å². The van der Waals surface area contributed by atoms with E-state index in [9.17, 15) is 9.59 Å². The molecule has 23 heavy (non-hydrogen) atoms. The molecule has 7 nitrogen and oxygen atoms in total. The van der Waals surface area contributed by atoms with E-state index in [1.807, 2.05) is 7.05 Å². The first kappa shape index (κ1) is 15.3. The SMILES string of the molecule is COc1ccc(C=O)cc1CSc1nc2c(=O)[nH]cnc2n1C. The molecule has 0 aliphatic carbocycles. The Balaban J connectivity index is 1.92. The molecule has 0 atom stereocenters. The summed E-state index contributed by atoms with van der Waals surface area (Å²) in [5, 5.41) is 0.669. The minimum Gasteiger partial charge on any atom is -0.496 e. The molecular formula is C15H14N4O3S. The molecule has 2 aromatic heterocycles. The van der Waals surface area contributed by atoms with Gasteiger partial charge >= 0.3 is 0 Å². The van der Waals surface area contributed by atoms with Gasteiger partial charge in [-0.05, 0) is 18.2 Å². The molecule has 1 N–H and O–H groups in total. The van der Waals surface area contributed by atoms with Crippen LogP contribution in [-0.4, -0.2) is 32.9 Å². The van der Waals surface area contributed by atoms with Crippen LogP contribution in [0, 0.1) is 0 Å². The van der Waals surface area contributed by atoms with E-state index in [1.165, 1.54) is 18.1 Å². The van der Waals surface area contributed by atoms with Gasteiger partial charge in [0.1, 0.15) is 12.0 Å². The van der Waals surface area contributed by atoms with Gasteiger partial charge < -0.3 is 14.3 Å². The van der Waals surface area contributed by atoms with E-state index >= 15 is 0 Å². The van der Waals surface area contributed by atoms with Crippen molar-refractivity contribution in [3.63, 3.8) is 0 Å². The molecule has 0 amide bonds. The van der Waals surface area contributed by atoms with Crippen LogP contribution in [0.4, 0.5) is 0 Å². The number of hydrogen-bond donors (Lipinski definition) is 1. The number of nitrogens with one attached hydrogen (secondary N) is 1. The van der Waals surface area contributed by atoms with Crippen molar-refractivity contribution in [1.29, 1.82) is 0 Å². The van der Waals surface area contributed by atoms with Gasteiger partial charge in [-0.2, -0.15) is 0 Å². The average molecular weight is 330 g/mol. The first-order valence-electron chi connectivity index (χ1n) is 6.79. The molecule has 0 aliphatic rings. The van der Waals surface area contributed by atoms with Gasteiger partial charge in [0.25, 0.3) is 5.56 Å². The zero-order valence-corrected chi connectivity index (χ0v) is 13.4. The number of nitrogens with zero attached hydrogens (tertiary/aromatic N) is 3. The summed E-state index contributed by atoms with van der Waals surface area (Å²) in [6.45, 7) is 0. The van der Waals surface area contributed by atoms with Crippen molar-refractivity contribution < 1.29 is 9.53 Å². The van der Waals surface area contributed by atoms with Gasteiger partial charge in [-0.15, -0.1) is 0 Å². The van der Waals surface area contributed by atoms with Gasteiger partial charge in [0.05, 0.1) is 13.4 Å². The number of carbonyl (C=O) groups is 1. The predicted octanol–water partition coefficient (Wildman–Crippen LogP) is 1.77. The maximum absolute atomic E-state index is 11.8. The van der Waals surface area contributed by atoms with E-state index in [0.717, 1.165) is 11.8 Å². The number of methoxy groups -OCH3 is 1. The minimum absolute atomic E-state index is 0.266. The van der Waals surface area contributed by atoms with Crippen molar-refractivity contribution >= 4 is 29.2 Å². The summed E-state index contributed by atoms with van der Waals surface area (Å²) in [5.74, 6) is 1.26. The minimum atomic E-state index is -0.266. The van der Waals surface area contributed by atoms with Gasteiger partial charge in [-0.1, -0.05) is 11.8 Å². The van der Waals surface area contributed by atoms with Crippen LogP contribution in [0.2, 0.25) is 0 Å². The summed E-state index contributed by atoms with van der Waals surface area (Å²) in [6.07, 6.45) is 2.16. The van der Waals surface area contributed by atoms with E-state index in [1.54, 1.807) is 29.9 Å². The van der Waals surface area contributed by atoms with Crippen molar-refractivity contribution in [1.82, 2.24) is 19.5 Å². The number of aromatic nitrogens is 4. The van der Waals surface area contributed by atoms with E-state index in [2.05, 4.69) is 15.0 Å². The molecule has 0 bridgehead atoms. The number of thioether (sulfide) groups is 1. The highest BCUT2D eigenvalue weighted by atomic mass is 32.2. The molecule has 0 unspecified atom stereocenters. The molecule has 0 spiro atoms. The third-order valence-corrected chi connectivity index (χ3v) is 4.50. The van der Waals surface area contributed by atoms with Crippen molar-refractivity contribution in [2.45, 2.75) is 10.9 Å². The summed E-state index contributed by atoms with van der Waals surface area (Å²) in [7, 11) is 3.39. The van der Waals surface area contributed by atoms with Crippen molar-refractivity contribution in [3.05, 3.63) is 46.0 Å². The molecule has 0 saturated carbocycles. The molecule has 0 fully saturated rings. The van der Waals surface area contributed by atoms with Crippen molar-refractivity contribution in [2.75, 3.05) is 7.11 Å². The number of fused-ring (bicyclic) bond motifs is 1. The molecular weight excluding hydrogens is 316 g/mol. The predicted molar refractivity (Wildman–Crippen MR) is 87.1 cm³/mol. The van der Waals surface area contributed by atoms with Crippen LogP contribution in [-0.2, 0) is 12.8 Å². The first-order chi connectivity index (χ1) is 11.1. The van der Waals surface area contributed by atoms with Crippen LogP contribution in [0.15, 0.2) is 34.5 Å². The lowest BCUT2D eigenvalue weighted by atomic mass is 10.1. The van der Waals surface area contributed by atoms with E-state index in [-0.39, 0.29) is 5.56 Å². The fourth-order valence-corrected chi connectivity index (χ4v) is 3.19. The van der Waals surface area contributed by atoms with Gasteiger partial charge in [0.15, 0.2) is 16.3 Å². The van der Waals surface area contributed by atoms with Crippen molar-refractivity contribution in [2.24, 2.45) is 7.05 Å². The Bertz CT molecular complexity index is 932. The molecule has 2 heterocycles. The number of benzene rings is 1. The topological polar surface area (TPSA) is 89.9 Å². The molecule has 118 valence electrons. The Hall–Kier alpha value is -2.61. The molecule has 0 aliphatic heterocycles. The maximum atomic E-state index is 11.8. The van der Waals surface area contributed by atoms with Crippen LogP contribution in [0.5, 0.6) is 5.75 Å². The second-order valence-corrected chi connectivity index (χ2v) is 5.78. The van der Waals surface area contributed by atoms with Gasteiger partial charge in [-0.3, -0.25) is 9.59 Å². The number of hydrogen-bond acceptors (Lipinski definition) is 6. The van der Waals surface area contributed by atoms with Crippen LogP contribution in [0.3, 0.4) is 0 Å². The molecule has 3 rings (SSSR count). The number of ether oxygens (including phenoxy) is 1. The molecule has 1 aromatic carbocycles. The number of carbonyl (C=O) groups excluding carboxylic acids is 1. The summed E-state index contributed by atoms with van der Waals surface area (Å²) in [6, 6.07) is 5.26. The lowest BCUT2D eigenvalue weighted by Gasteiger charge is -2.08. The van der Waals surface area contributed by atoms with Crippen LogP contribution in [0.25, 0.3) is 11.2 Å². The second kappa shape index (κ2) is 6.25. The first-order valence-corrected chi connectivity index (χ1v) is 7.77. The molecule has 8 heteroatoms. The highest BCUT2D eigenvalue weighted by Gasteiger charge is 2.13. The smallest absolute Gasteiger partial charge is 0.278 e.